The molecule has 1 heterocycles. The van der Waals surface area contributed by atoms with Gasteiger partial charge in [0.25, 0.3) is 0 Å². The maximum absolute atomic E-state index is 11.2. The van der Waals surface area contributed by atoms with Gasteiger partial charge in [-0.2, -0.15) is 0 Å². The van der Waals surface area contributed by atoms with E-state index >= 15 is 0 Å². The molecule has 0 radical (unpaired) electrons. The molecule has 0 aromatic carbocycles. The van der Waals surface area contributed by atoms with E-state index < -0.39 is 0 Å². The predicted octanol–water partition coefficient (Wildman–Crippen LogP) is 0.594. The van der Waals surface area contributed by atoms with E-state index in [9.17, 15) is 4.79 Å². The normalized spacial score (nSPS) is 19.7. The van der Waals surface area contributed by atoms with Crippen molar-refractivity contribution < 1.29 is 14.3 Å². The smallest absolute Gasteiger partial charge is 0.219 e. The second-order valence-electron chi connectivity index (χ2n) is 4.58. The second-order valence-corrected chi connectivity index (χ2v) is 4.58. The number of rotatable bonds is 5. The Morgan fingerprint density at radius 2 is 1.82 bits per heavy atom. The van der Waals surface area contributed by atoms with E-state index in [4.69, 9.17) is 9.47 Å². The number of carbonyl (C=O) groups excluding carboxylic acids is 1. The molecule has 5 nitrogen and oxygen atoms in total. The third-order valence-corrected chi connectivity index (χ3v) is 3.31. The van der Waals surface area contributed by atoms with Crippen molar-refractivity contribution in [2.45, 2.75) is 45.1 Å². The Morgan fingerprint density at radius 1 is 1.29 bits per heavy atom. The molecule has 1 fully saturated rings. The van der Waals surface area contributed by atoms with Crippen molar-refractivity contribution in [2.24, 2.45) is 0 Å². The maximum atomic E-state index is 11.2. The lowest BCUT2D eigenvalue weighted by molar-refractivity contribution is -0.131. The van der Waals surface area contributed by atoms with E-state index in [1.807, 2.05) is 4.90 Å². The van der Waals surface area contributed by atoms with Crippen LogP contribution < -0.4 is 5.32 Å². The summed E-state index contributed by atoms with van der Waals surface area (Å²) >= 11 is 0. The first kappa shape index (κ1) is 14.4. The summed E-state index contributed by atoms with van der Waals surface area (Å²) in [6.07, 6.45) is 1.76. The largest absolute Gasteiger partial charge is 0.354 e. The van der Waals surface area contributed by atoms with Crippen molar-refractivity contribution in [1.29, 1.82) is 0 Å². The number of likely N-dealkylation sites (tertiary alicyclic amines) is 1. The summed E-state index contributed by atoms with van der Waals surface area (Å²) in [6.45, 7) is 5.35. The van der Waals surface area contributed by atoms with Gasteiger partial charge in [-0.1, -0.05) is 0 Å². The van der Waals surface area contributed by atoms with Crippen LogP contribution in [0, 0.1) is 0 Å². The maximum Gasteiger partial charge on any atom is 0.219 e. The van der Waals surface area contributed by atoms with Crippen molar-refractivity contribution in [3.05, 3.63) is 0 Å². The molecule has 0 aromatic rings. The number of methoxy groups -OCH3 is 2. The average molecular weight is 244 g/mol. The number of amides is 1. The van der Waals surface area contributed by atoms with E-state index in [-0.39, 0.29) is 18.2 Å². The lowest BCUT2D eigenvalue weighted by Crippen LogP contribution is -2.50. The Kier molecular flexibility index (Phi) is 5.88. The fraction of sp³-hybridized carbons (Fsp3) is 0.917. The molecular formula is C12H24N2O3. The van der Waals surface area contributed by atoms with Crippen LogP contribution in [0.15, 0.2) is 0 Å². The molecule has 1 atom stereocenters. The number of piperidine rings is 1. The van der Waals surface area contributed by atoms with Crippen molar-refractivity contribution in [3.8, 4) is 0 Å². The molecule has 1 N–H and O–H groups in total. The van der Waals surface area contributed by atoms with E-state index in [1.54, 1.807) is 21.1 Å². The Bertz CT molecular complexity index is 236. The molecule has 0 aliphatic carbocycles. The third kappa shape index (κ3) is 4.26. The van der Waals surface area contributed by atoms with Gasteiger partial charge < -0.3 is 19.7 Å². The SMILES string of the molecule is COC(OC)C(C)NC1CCN(C(C)=O)CC1. The molecule has 1 rings (SSSR count). The van der Waals surface area contributed by atoms with Gasteiger partial charge >= 0.3 is 0 Å². The van der Waals surface area contributed by atoms with Crippen LogP contribution in [-0.2, 0) is 14.3 Å². The standard InChI is InChI=1S/C12H24N2O3/c1-9(12(16-3)17-4)13-11-5-7-14(8-6-11)10(2)15/h9,11-13H,5-8H2,1-4H3. The number of hydrogen-bond acceptors (Lipinski definition) is 4. The lowest BCUT2D eigenvalue weighted by atomic mass is 10.0. The quantitative estimate of drug-likeness (QED) is 0.719. The minimum Gasteiger partial charge on any atom is -0.354 e. The van der Waals surface area contributed by atoms with E-state index in [0.717, 1.165) is 25.9 Å². The minimum atomic E-state index is -0.221. The molecular weight excluding hydrogens is 220 g/mol. The van der Waals surface area contributed by atoms with Gasteiger partial charge in [0, 0.05) is 40.3 Å². The molecule has 0 bridgehead atoms. The summed E-state index contributed by atoms with van der Waals surface area (Å²) in [4.78, 5) is 13.1. The summed E-state index contributed by atoms with van der Waals surface area (Å²) in [5, 5.41) is 3.49. The van der Waals surface area contributed by atoms with E-state index in [2.05, 4.69) is 12.2 Å². The molecule has 1 unspecified atom stereocenters. The van der Waals surface area contributed by atoms with Crippen molar-refractivity contribution >= 4 is 5.91 Å². The Labute approximate surface area is 103 Å². The van der Waals surface area contributed by atoms with E-state index in [1.165, 1.54) is 0 Å². The highest BCUT2D eigenvalue weighted by atomic mass is 16.7. The second kappa shape index (κ2) is 6.93. The number of nitrogens with zero attached hydrogens (tertiary/aromatic N) is 1. The highest BCUT2D eigenvalue weighted by Crippen LogP contribution is 2.12. The summed E-state index contributed by atoms with van der Waals surface area (Å²) in [7, 11) is 3.29. The summed E-state index contributed by atoms with van der Waals surface area (Å²) in [5.41, 5.74) is 0. The zero-order valence-electron chi connectivity index (χ0n) is 11.2. The third-order valence-electron chi connectivity index (χ3n) is 3.31. The number of nitrogens with one attached hydrogen (secondary N) is 1. The molecule has 1 saturated heterocycles. The van der Waals surface area contributed by atoms with Gasteiger partial charge in [-0.05, 0) is 19.8 Å². The Hall–Kier alpha value is -0.650. The summed E-state index contributed by atoms with van der Waals surface area (Å²) in [5.74, 6) is 0.170. The van der Waals surface area contributed by atoms with Gasteiger partial charge in [0.2, 0.25) is 5.91 Å². The zero-order chi connectivity index (χ0) is 12.8. The monoisotopic (exact) mass is 244 g/mol. The molecule has 100 valence electrons. The van der Waals surface area contributed by atoms with Gasteiger partial charge in [0.05, 0.1) is 6.04 Å². The Balaban J connectivity index is 2.32. The van der Waals surface area contributed by atoms with Crippen LogP contribution in [-0.4, -0.2) is 56.5 Å². The molecule has 0 saturated carbocycles. The van der Waals surface area contributed by atoms with E-state index in [0.29, 0.717) is 6.04 Å². The number of carbonyl (C=O) groups is 1. The Morgan fingerprint density at radius 3 is 2.24 bits per heavy atom. The molecule has 0 spiro atoms. The fourth-order valence-corrected chi connectivity index (χ4v) is 2.32. The van der Waals surface area contributed by atoms with Crippen LogP contribution in [0.5, 0.6) is 0 Å². The molecule has 17 heavy (non-hydrogen) atoms. The fourth-order valence-electron chi connectivity index (χ4n) is 2.32. The summed E-state index contributed by atoms with van der Waals surface area (Å²) in [6, 6.07) is 0.590. The lowest BCUT2D eigenvalue weighted by Gasteiger charge is -2.34. The van der Waals surface area contributed by atoms with Crippen molar-refractivity contribution in [3.63, 3.8) is 0 Å². The first-order valence-corrected chi connectivity index (χ1v) is 6.15. The molecule has 1 amide bonds. The van der Waals surface area contributed by atoms with Crippen LogP contribution in [0.4, 0.5) is 0 Å². The first-order chi connectivity index (χ1) is 8.08. The summed E-state index contributed by atoms with van der Waals surface area (Å²) < 4.78 is 10.4. The number of hydrogen-bond donors (Lipinski definition) is 1. The van der Waals surface area contributed by atoms with Gasteiger partial charge in [-0.3, -0.25) is 4.79 Å². The van der Waals surface area contributed by atoms with Gasteiger partial charge in [-0.15, -0.1) is 0 Å². The zero-order valence-corrected chi connectivity index (χ0v) is 11.2. The van der Waals surface area contributed by atoms with Gasteiger partial charge in [0.1, 0.15) is 0 Å². The van der Waals surface area contributed by atoms with Crippen molar-refractivity contribution in [1.82, 2.24) is 10.2 Å². The molecule has 1 aliphatic rings. The van der Waals surface area contributed by atoms with Crippen LogP contribution in [0.3, 0.4) is 0 Å². The van der Waals surface area contributed by atoms with Gasteiger partial charge in [0.15, 0.2) is 6.29 Å². The van der Waals surface area contributed by atoms with Crippen molar-refractivity contribution in [2.75, 3.05) is 27.3 Å². The number of ether oxygens (including phenoxy) is 2. The van der Waals surface area contributed by atoms with Crippen LogP contribution >= 0.6 is 0 Å². The highest BCUT2D eigenvalue weighted by molar-refractivity contribution is 5.73. The van der Waals surface area contributed by atoms with Crippen LogP contribution in [0.25, 0.3) is 0 Å². The topological polar surface area (TPSA) is 50.8 Å². The molecule has 5 heteroatoms. The molecule has 0 aromatic heterocycles. The highest BCUT2D eigenvalue weighted by Gasteiger charge is 2.24. The minimum absolute atomic E-state index is 0.152. The van der Waals surface area contributed by atoms with Crippen LogP contribution in [0.1, 0.15) is 26.7 Å². The van der Waals surface area contributed by atoms with Gasteiger partial charge in [-0.25, -0.2) is 0 Å². The average Bonchev–Trinajstić information content (AvgIpc) is 2.31. The molecule has 1 aliphatic heterocycles. The first-order valence-electron chi connectivity index (χ1n) is 6.15. The van der Waals surface area contributed by atoms with Crippen LogP contribution in [0.2, 0.25) is 0 Å². The predicted molar refractivity (Wildman–Crippen MR) is 65.7 cm³/mol.